The molecule has 2 atom stereocenters. The largest absolute Gasteiger partial charge is 0.414 e. The van der Waals surface area contributed by atoms with Crippen LogP contribution >= 0.6 is 0 Å². The molecule has 120 valence electrons. The van der Waals surface area contributed by atoms with Crippen molar-refractivity contribution in [3.8, 4) is 0 Å². The highest BCUT2D eigenvalue weighted by Gasteiger charge is 2.47. The lowest BCUT2D eigenvalue weighted by Gasteiger charge is -2.37. The van der Waals surface area contributed by atoms with Crippen molar-refractivity contribution in [2.75, 3.05) is 6.61 Å². The van der Waals surface area contributed by atoms with E-state index in [1.54, 1.807) is 13.8 Å². The standard InChI is InChI=1S/C14H26N2O4Si/c1-13(2,3)21(6,7)18-9-11-12(10(17)8-16-15)20-14(4,5)19-11/h8,11-12H,9H2,1-7H3/t11-,12-/m0/s1. The van der Waals surface area contributed by atoms with Gasteiger partial charge >= 0.3 is 6.21 Å². The molecule has 0 aromatic carbocycles. The molecule has 0 radical (unpaired) electrons. The van der Waals surface area contributed by atoms with Crippen LogP contribution in [0.1, 0.15) is 34.6 Å². The number of carbonyl (C=O) groups excluding carboxylic acids is 1. The third kappa shape index (κ3) is 4.56. The summed E-state index contributed by atoms with van der Waals surface area (Å²) >= 11 is 0. The highest BCUT2D eigenvalue weighted by atomic mass is 28.4. The topological polar surface area (TPSA) is 81.2 Å². The van der Waals surface area contributed by atoms with Gasteiger partial charge in [0.15, 0.2) is 20.2 Å². The van der Waals surface area contributed by atoms with Gasteiger partial charge in [-0.2, -0.15) is 4.79 Å². The van der Waals surface area contributed by atoms with Crippen LogP contribution in [0.3, 0.4) is 0 Å². The number of ether oxygens (including phenoxy) is 2. The lowest BCUT2D eigenvalue weighted by atomic mass is 10.1. The molecule has 0 aromatic heterocycles. The first kappa shape index (κ1) is 18.2. The zero-order valence-corrected chi connectivity index (χ0v) is 15.0. The van der Waals surface area contributed by atoms with E-state index in [1.165, 1.54) is 0 Å². The summed E-state index contributed by atoms with van der Waals surface area (Å²) in [6, 6.07) is 0. The Balaban J connectivity index is 2.80. The molecular weight excluding hydrogens is 288 g/mol. The van der Waals surface area contributed by atoms with Crippen LogP contribution in [-0.2, 0) is 18.7 Å². The number of hydrogen-bond donors (Lipinski definition) is 0. The van der Waals surface area contributed by atoms with E-state index in [9.17, 15) is 4.79 Å². The third-order valence-corrected chi connectivity index (χ3v) is 8.56. The molecule has 0 bridgehead atoms. The first-order chi connectivity index (χ1) is 9.39. The minimum Gasteiger partial charge on any atom is -0.414 e. The summed E-state index contributed by atoms with van der Waals surface area (Å²) in [4.78, 5) is 14.7. The van der Waals surface area contributed by atoms with Gasteiger partial charge in [-0.05, 0) is 32.0 Å². The fraction of sp³-hybridized carbons (Fsp3) is 0.857. The van der Waals surface area contributed by atoms with E-state index in [-0.39, 0.29) is 11.6 Å². The third-order valence-electron chi connectivity index (χ3n) is 4.06. The zero-order chi connectivity index (χ0) is 16.5. The quantitative estimate of drug-likeness (QED) is 0.338. The summed E-state index contributed by atoms with van der Waals surface area (Å²) in [7, 11) is -1.93. The summed E-state index contributed by atoms with van der Waals surface area (Å²) in [5, 5.41) is 0.0774. The summed E-state index contributed by atoms with van der Waals surface area (Å²) in [5.41, 5.74) is 8.51. The first-order valence-corrected chi connectivity index (χ1v) is 10.0. The molecule has 0 aliphatic carbocycles. The maximum absolute atomic E-state index is 11.9. The Morgan fingerprint density at radius 3 is 2.43 bits per heavy atom. The Morgan fingerprint density at radius 2 is 1.95 bits per heavy atom. The molecule has 7 heteroatoms. The fourth-order valence-electron chi connectivity index (χ4n) is 1.84. The van der Waals surface area contributed by atoms with Gasteiger partial charge in [0, 0.05) is 0 Å². The Morgan fingerprint density at radius 1 is 1.38 bits per heavy atom. The number of hydrogen-bond acceptors (Lipinski definition) is 4. The Labute approximate surface area is 127 Å². The van der Waals surface area contributed by atoms with E-state index in [0.717, 1.165) is 6.21 Å². The van der Waals surface area contributed by atoms with Crippen molar-refractivity contribution in [3.63, 3.8) is 0 Å². The molecule has 1 heterocycles. The summed E-state index contributed by atoms with van der Waals surface area (Å²) in [5.74, 6) is -1.28. The minimum absolute atomic E-state index is 0.0774. The summed E-state index contributed by atoms with van der Waals surface area (Å²) in [6.45, 7) is 14.5. The number of Topliss-reactive ketones (excluding diaryl/α,β-unsaturated/α-hetero) is 1. The molecule has 1 aliphatic heterocycles. The second kappa shape index (κ2) is 6.10. The number of ketones is 1. The van der Waals surface area contributed by atoms with Crippen molar-refractivity contribution in [1.29, 1.82) is 0 Å². The van der Waals surface area contributed by atoms with Crippen molar-refractivity contribution in [2.24, 2.45) is 0 Å². The van der Waals surface area contributed by atoms with E-state index in [0.29, 0.717) is 0 Å². The van der Waals surface area contributed by atoms with Crippen LogP contribution in [0.25, 0.3) is 5.53 Å². The highest BCUT2D eigenvalue weighted by Crippen LogP contribution is 2.37. The Kier molecular flexibility index (Phi) is 5.29. The van der Waals surface area contributed by atoms with Crippen LogP contribution in [0, 0.1) is 0 Å². The predicted octanol–water partition coefficient (Wildman–Crippen LogP) is 2.40. The van der Waals surface area contributed by atoms with Gasteiger partial charge in [0.05, 0.1) is 6.61 Å². The summed E-state index contributed by atoms with van der Waals surface area (Å²) < 4.78 is 17.4. The molecule has 0 unspecified atom stereocenters. The molecule has 6 nitrogen and oxygen atoms in total. The molecule has 21 heavy (non-hydrogen) atoms. The SMILES string of the molecule is CC1(C)O[C@@H](CO[Si](C)(C)C(C)(C)C)[C@H](C(=O)C=[N+]=[N-])O1. The van der Waals surface area contributed by atoms with E-state index in [1.807, 2.05) is 0 Å². The van der Waals surface area contributed by atoms with Gasteiger partial charge in [0.2, 0.25) is 0 Å². The fourth-order valence-corrected chi connectivity index (χ4v) is 2.85. The normalized spacial score (nSPS) is 25.5. The van der Waals surface area contributed by atoms with Gasteiger partial charge in [-0.1, -0.05) is 20.8 Å². The summed E-state index contributed by atoms with van der Waals surface area (Å²) in [6.07, 6.45) is -0.463. The molecule has 1 fully saturated rings. The van der Waals surface area contributed by atoms with Crippen molar-refractivity contribution < 1.29 is 23.5 Å². The second-order valence-corrected chi connectivity index (χ2v) is 12.1. The lowest BCUT2D eigenvalue weighted by molar-refractivity contribution is -0.154. The smallest absolute Gasteiger partial charge is 0.326 e. The molecule has 0 aromatic rings. The average molecular weight is 314 g/mol. The number of rotatable bonds is 5. The monoisotopic (exact) mass is 314 g/mol. The van der Waals surface area contributed by atoms with Gasteiger partial charge in [0.25, 0.3) is 5.78 Å². The lowest BCUT2D eigenvalue weighted by Crippen LogP contribution is -2.45. The average Bonchev–Trinajstić information content (AvgIpc) is 2.61. The van der Waals surface area contributed by atoms with Gasteiger partial charge < -0.3 is 19.4 Å². The van der Waals surface area contributed by atoms with Gasteiger partial charge in [0.1, 0.15) is 6.10 Å². The minimum atomic E-state index is -1.93. The predicted molar refractivity (Wildman–Crippen MR) is 81.7 cm³/mol. The Bertz CT molecular complexity index is 450. The zero-order valence-electron chi connectivity index (χ0n) is 14.0. The van der Waals surface area contributed by atoms with Gasteiger partial charge in [-0.15, -0.1) is 0 Å². The van der Waals surface area contributed by atoms with Crippen LogP contribution in [0.15, 0.2) is 0 Å². The van der Waals surface area contributed by atoms with Crippen LogP contribution in [0.2, 0.25) is 18.1 Å². The van der Waals surface area contributed by atoms with Crippen LogP contribution in [0.5, 0.6) is 0 Å². The molecule has 0 saturated carbocycles. The number of carbonyl (C=O) groups is 1. The molecule has 0 amide bonds. The van der Waals surface area contributed by atoms with Crippen molar-refractivity contribution in [1.82, 2.24) is 0 Å². The maximum atomic E-state index is 11.9. The van der Waals surface area contributed by atoms with Crippen LogP contribution in [0.4, 0.5) is 0 Å². The molecule has 1 rings (SSSR count). The van der Waals surface area contributed by atoms with Crippen LogP contribution in [-0.4, -0.2) is 49.7 Å². The van der Waals surface area contributed by atoms with E-state index in [4.69, 9.17) is 19.4 Å². The van der Waals surface area contributed by atoms with Crippen LogP contribution < -0.4 is 0 Å². The van der Waals surface area contributed by atoms with Crippen molar-refractivity contribution in [2.45, 2.75) is 70.7 Å². The van der Waals surface area contributed by atoms with Gasteiger partial charge in [-0.3, -0.25) is 4.79 Å². The molecule has 0 N–H and O–H groups in total. The highest BCUT2D eigenvalue weighted by molar-refractivity contribution is 6.74. The molecule has 1 saturated heterocycles. The van der Waals surface area contributed by atoms with E-state index >= 15 is 0 Å². The van der Waals surface area contributed by atoms with E-state index < -0.39 is 32.1 Å². The van der Waals surface area contributed by atoms with Crippen molar-refractivity contribution >= 4 is 20.3 Å². The number of nitrogens with zero attached hydrogens (tertiary/aromatic N) is 2. The van der Waals surface area contributed by atoms with E-state index in [2.05, 4.69) is 38.7 Å². The molecule has 1 aliphatic rings. The maximum Gasteiger partial charge on any atom is 0.326 e. The van der Waals surface area contributed by atoms with Gasteiger partial charge in [-0.25, -0.2) is 0 Å². The second-order valence-electron chi connectivity index (χ2n) is 7.31. The molecular formula is C14H26N2O4Si. The Hall–Kier alpha value is -0.853. The molecule has 0 spiro atoms. The van der Waals surface area contributed by atoms with Crippen molar-refractivity contribution in [3.05, 3.63) is 5.53 Å². The first-order valence-electron chi connectivity index (χ1n) is 7.10.